The molecule has 0 aliphatic carbocycles. The molecule has 1 aliphatic rings. The van der Waals surface area contributed by atoms with Crippen LogP contribution in [0.4, 0.5) is 5.69 Å². The summed E-state index contributed by atoms with van der Waals surface area (Å²) >= 11 is 0. The van der Waals surface area contributed by atoms with E-state index in [9.17, 15) is 4.79 Å². The first-order valence-corrected chi connectivity index (χ1v) is 6.98. The number of esters is 1. The summed E-state index contributed by atoms with van der Waals surface area (Å²) in [5, 5.41) is 0. The first-order chi connectivity index (χ1) is 10.7. The quantitative estimate of drug-likeness (QED) is 0.693. The maximum absolute atomic E-state index is 11.6. The Morgan fingerprint density at radius 2 is 1.77 bits per heavy atom. The molecule has 0 bridgehead atoms. The molecule has 22 heavy (non-hydrogen) atoms. The van der Waals surface area contributed by atoms with Crippen molar-refractivity contribution < 1.29 is 19.0 Å². The van der Waals surface area contributed by atoms with Crippen LogP contribution in [-0.4, -0.2) is 19.9 Å². The van der Waals surface area contributed by atoms with Gasteiger partial charge in [-0.15, -0.1) is 0 Å². The van der Waals surface area contributed by atoms with E-state index in [1.807, 2.05) is 36.4 Å². The van der Waals surface area contributed by atoms with E-state index in [0.29, 0.717) is 17.9 Å². The Morgan fingerprint density at radius 1 is 1.14 bits per heavy atom. The van der Waals surface area contributed by atoms with E-state index in [4.69, 9.17) is 19.9 Å². The smallest absolute Gasteiger partial charge is 0.309 e. The molecule has 0 saturated carbocycles. The van der Waals surface area contributed by atoms with Crippen LogP contribution < -0.4 is 15.2 Å². The topological polar surface area (TPSA) is 70.8 Å². The van der Waals surface area contributed by atoms with Crippen molar-refractivity contribution in [1.82, 2.24) is 0 Å². The predicted octanol–water partition coefficient (Wildman–Crippen LogP) is 2.30. The molecule has 2 aromatic rings. The van der Waals surface area contributed by atoms with Gasteiger partial charge in [0.2, 0.25) is 6.79 Å². The molecule has 0 atom stereocenters. The number of anilines is 1. The van der Waals surface area contributed by atoms with Crippen molar-refractivity contribution in [1.29, 1.82) is 0 Å². The Morgan fingerprint density at radius 3 is 2.41 bits per heavy atom. The fourth-order valence-electron chi connectivity index (χ4n) is 2.44. The first kappa shape index (κ1) is 14.3. The third-order valence-corrected chi connectivity index (χ3v) is 3.63. The zero-order chi connectivity index (χ0) is 15.5. The SMILES string of the molecule is COC(=O)Cc1cc2c(cc1Cc1ccc(N)cc1)OCO2. The number of methoxy groups -OCH3 is 1. The monoisotopic (exact) mass is 299 g/mol. The number of hydrogen-bond acceptors (Lipinski definition) is 5. The van der Waals surface area contributed by atoms with Gasteiger partial charge in [-0.3, -0.25) is 4.79 Å². The molecule has 5 nitrogen and oxygen atoms in total. The highest BCUT2D eigenvalue weighted by Crippen LogP contribution is 2.36. The number of benzene rings is 2. The molecule has 0 radical (unpaired) electrons. The molecule has 0 unspecified atom stereocenters. The van der Waals surface area contributed by atoms with Crippen LogP contribution in [0.2, 0.25) is 0 Å². The summed E-state index contributed by atoms with van der Waals surface area (Å²) in [6.07, 6.45) is 0.890. The van der Waals surface area contributed by atoms with E-state index >= 15 is 0 Å². The number of carbonyl (C=O) groups excluding carboxylic acids is 1. The summed E-state index contributed by atoms with van der Waals surface area (Å²) in [6.45, 7) is 0.207. The maximum Gasteiger partial charge on any atom is 0.309 e. The van der Waals surface area contributed by atoms with Crippen LogP contribution in [0.25, 0.3) is 0 Å². The molecule has 5 heteroatoms. The van der Waals surface area contributed by atoms with E-state index in [-0.39, 0.29) is 19.2 Å². The lowest BCUT2D eigenvalue weighted by molar-refractivity contribution is -0.139. The number of fused-ring (bicyclic) bond motifs is 1. The summed E-state index contributed by atoms with van der Waals surface area (Å²) in [7, 11) is 1.38. The Bertz CT molecular complexity index is 695. The van der Waals surface area contributed by atoms with Crippen LogP contribution in [0, 0.1) is 0 Å². The molecule has 2 N–H and O–H groups in total. The Hall–Kier alpha value is -2.69. The molecule has 0 spiro atoms. The fourth-order valence-corrected chi connectivity index (χ4v) is 2.44. The minimum absolute atomic E-state index is 0.206. The third kappa shape index (κ3) is 2.98. The van der Waals surface area contributed by atoms with Gasteiger partial charge >= 0.3 is 5.97 Å². The molecule has 114 valence electrons. The average Bonchev–Trinajstić information content (AvgIpc) is 2.96. The van der Waals surface area contributed by atoms with Crippen molar-refractivity contribution in [2.24, 2.45) is 0 Å². The van der Waals surface area contributed by atoms with E-state index in [1.165, 1.54) is 7.11 Å². The number of ether oxygens (including phenoxy) is 3. The van der Waals surface area contributed by atoms with Gasteiger partial charge in [-0.25, -0.2) is 0 Å². The minimum atomic E-state index is -0.280. The summed E-state index contributed by atoms with van der Waals surface area (Å²) in [5.41, 5.74) is 9.44. The van der Waals surface area contributed by atoms with Crippen molar-refractivity contribution in [2.75, 3.05) is 19.6 Å². The van der Waals surface area contributed by atoms with Crippen LogP contribution in [0.15, 0.2) is 36.4 Å². The van der Waals surface area contributed by atoms with Gasteiger partial charge in [-0.1, -0.05) is 12.1 Å². The maximum atomic E-state index is 11.6. The molecule has 0 aromatic heterocycles. The van der Waals surface area contributed by atoms with Crippen molar-refractivity contribution in [3.63, 3.8) is 0 Å². The number of nitrogens with two attached hydrogens (primary N) is 1. The number of carbonyl (C=O) groups is 1. The zero-order valence-corrected chi connectivity index (χ0v) is 12.3. The normalized spacial score (nSPS) is 12.2. The number of hydrogen-bond donors (Lipinski definition) is 1. The van der Waals surface area contributed by atoms with Crippen molar-refractivity contribution >= 4 is 11.7 Å². The van der Waals surface area contributed by atoms with Gasteiger partial charge < -0.3 is 19.9 Å². The largest absolute Gasteiger partial charge is 0.469 e. The standard InChI is InChI=1S/C17H17NO4/c1-20-17(19)9-13-8-16-15(21-10-22-16)7-12(13)6-11-2-4-14(18)5-3-11/h2-5,7-8H,6,9-10,18H2,1H3. The lowest BCUT2D eigenvalue weighted by Crippen LogP contribution is -2.07. The van der Waals surface area contributed by atoms with E-state index in [2.05, 4.69) is 0 Å². The van der Waals surface area contributed by atoms with Crippen LogP contribution in [0.5, 0.6) is 11.5 Å². The summed E-state index contributed by atoms with van der Waals surface area (Å²) < 4.78 is 15.6. The molecule has 2 aromatic carbocycles. The summed E-state index contributed by atoms with van der Waals surface area (Å²) in [5.74, 6) is 1.09. The predicted molar refractivity (Wildman–Crippen MR) is 81.9 cm³/mol. The van der Waals surface area contributed by atoms with Gasteiger partial charge in [0.15, 0.2) is 11.5 Å². The molecule has 3 rings (SSSR count). The second kappa shape index (κ2) is 5.97. The molecule has 0 amide bonds. The third-order valence-electron chi connectivity index (χ3n) is 3.63. The van der Waals surface area contributed by atoms with E-state index < -0.39 is 0 Å². The zero-order valence-electron chi connectivity index (χ0n) is 12.3. The summed E-state index contributed by atoms with van der Waals surface area (Å²) in [4.78, 5) is 11.6. The Labute approximate surface area is 128 Å². The van der Waals surface area contributed by atoms with Crippen molar-refractivity contribution in [3.8, 4) is 11.5 Å². The second-order valence-corrected chi connectivity index (χ2v) is 5.15. The Balaban J connectivity index is 1.93. The van der Waals surface area contributed by atoms with Crippen LogP contribution in [0.1, 0.15) is 16.7 Å². The highest BCUT2D eigenvalue weighted by atomic mass is 16.7. The molecular formula is C17H17NO4. The lowest BCUT2D eigenvalue weighted by Gasteiger charge is -2.11. The first-order valence-electron chi connectivity index (χ1n) is 6.98. The Kier molecular flexibility index (Phi) is 3.87. The summed E-state index contributed by atoms with van der Waals surface area (Å²) in [6, 6.07) is 11.5. The highest BCUT2D eigenvalue weighted by molar-refractivity contribution is 5.73. The van der Waals surface area contributed by atoms with Crippen LogP contribution in [-0.2, 0) is 22.4 Å². The molecule has 1 heterocycles. The second-order valence-electron chi connectivity index (χ2n) is 5.15. The van der Waals surface area contributed by atoms with Crippen molar-refractivity contribution in [2.45, 2.75) is 12.8 Å². The molecule has 1 aliphatic heterocycles. The van der Waals surface area contributed by atoms with E-state index in [0.717, 1.165) is 22.4 Å². The molecule has 0 saturated heterocycles. The van der Waals surface area contributed by atoms with E-state index in [1.54, 1.807) is 0 Å². The van der Waals surface area contributed by atoms with Gasteiger partial charge in [0.1, 0.15) is 0 Å². The van der Waals surface area contributed by atoms with Gasteiger partial charge in [-0.2, -0.15) is 0 Å². The minimum Gasteiger partial charge on any atom is -0.469 e. The van der Waals surface area contributed by atoms with Gasteiger partial charge in [0, 0.05) is 5.69 Å². The van der Waals surface area contributed by atoms with Crippen LogP contribution in [0.3, 0.4) is 0 Å². The number of nitrogen functional groups attached to an aromatic ring is 1. The fraction of sp³-hybridized carbons (Fsp3) is 0.235. The molecular weight excluding hydrogens is 282 g/mol. The lowest BCUT2D eigenvalue weighted by atomic mass is 9.97. The van der Waals surface area contributed by atoms with Crippen LogP contribution >= 0.6 is 0 Å². The molecule has 0 fully saturated rings. The number of rotatable bonds is 4. The van der Waals surface area contributed by atoms with Gasteiger partial charge in [0.25, 0.3) is 0 Å². The van der Waals surface area contributed by atoms with Gasteiger partial charge in [-0.05, 0) is 47.4 Å². The average molecular weight is 299 g/mol. The van der Waals surface area contributed by atoms with Crippen molar-refractivity contribution in [3.05, 3.63) is 53.1 Å². The van der Waals surface area contributed by atoms with Gasteiger partial charge in [0.05, 0.1) is 13.5 Å². The highest BCUT2D eigenvalue weighted by Gasteiger charge is 2.19.